The van der Waals surface area contributed by atoms with Crippen LogP contribution >= 0.6 is 0 Å². The SMILES string of the molecule is CCOc1ccc(Nc2nc(C)cc(N3CCN(c4ncccn4)CC3)n2)cc1. The highest BCUT2D eigenvalue weighted by atomic mass is 16.5. The maximum atomic E-state index is 5.49. The van der Waals surface area contributed by atoms with Crippen LogP contribution < -0.4 is 19.9 Å². The molecule has 1 aliphatic heterocycles. The Morgan fingerprint density at radius 1 is 0.966 bits per heavy atom. The van der Waals surface area contributed by atoms with Gasteiger partial charge in [0, 0.05) is 56.0 Å². The van der Waals surface area contributed by atoms with Gasteiger partial charge in [-0.2, -0.15) is 4.98 Å². The molecule has 4 rings (SSSR count). The average molecular weight is 391 g/mol. The molecule has 1 fully saturated rings. The van der Waals surface area contributed by atoms with E-state index < -0.39 is 0 Å². The summed E-state index contributed by atoms with van der Waals surface area (Å²) in [6.45, 7) is 8.04. The third-order valence-corrected chi connectivity index (χ3v) is 4.70. The van der Waals surface area contributed by atoms with Gasteiger partial charge >= 0.3 is 0 Å². The summed E-state index contributed by atoms with van der Waals surface area (Å²) in [4.78, 5) is 22.4. The van der Waals surface area contributed by atoms with Crippen molar-refractivity contribution in [3.8, 4) is 5.75 Å². The summed E-state index contributed by atoms with van der Waals surface area (Å²) in [5.41, 5.74) is 1.85. The van der Waals surface area contributed by atoms with Crippen molar-refractivity contribution in [2.45, 2.75) is 13.8 Å². The Balaban J connectivity index is 1.43. The summed E-state index contributed by atoms with van der Waals surface area (Å²) in [5, 5.41) is 3.29. The minimum absolute atomic E-state index is 0.595. The molecule has 1 aromatic carbocycles. The van der Waals surface area contributed by atoms with Crippen molar-refractivity contribution in [2.24, 2.45) is 0 Å². The average Bonchev–Trinajstić information content (AvgIpc) is 2.76. The highest BCUT2D eigenvalue weighted by Gasteiger charge is 2.20. The molecule has 8 nitrogen and oxygen atoms in total. The van der Waals surface area contributed by atoms with Gasteiger partial charge in [0.1, 0.15) is 11.6 Å². The first-order valence-electron chi connectivity index (χ1n) is 9.84. The molecule has 2 aromatic heterocycles. The molecule has 3 aromatic rings. The van der Waals surface area contributed by atoms with Crippen LogP contribution in [0.15, 0.2) is 48.8 Å². The number of benzene rings is 1. The molecule has 1 saturated heterocycles. The largest absolute Gasteiger partial charge is 0.494 e. The third-order valence-electron chi connectivity index (χ3n) is 4.70. The number of hydrogen-bond donors (Lipinski definition) is 1. The van der Waals surface area contributed by atoms with E-state index in [1.807, 2.05) is 50.2 Å². The molecular weight excluding hydrogens is 366 g/mol. The molecule has 150 valence electrons. The van der Waals surface area contributed by atoms with Crippen molar-refractivity contribution in [3.63, 3.8) is 0 Å². The number of rotatable bonds is 6. The Morgan fingerprint density at radius 2 is 1.66 bits per heavy atom. The van der Waals surface area contributed by atoms with Crippen LogP contribution in [0.25, 0.3) is 0 Å². The van der Waals surface area contributed by atoms with Crippen LogP contribution in [0.5, 0.6) is 5.75 Å². The molecule has 1 aliphatic rings. The second-order valence-corrected chi connectivity index (χ2v) is 6.80. The van der Waals surface area contributed by atoms with Crippen LogP contribution in [0.2, 0.25) is 0 Å². The van der Waals surface area contributed by atoms with Gasteiger partial charge in [-0.05, 0) is 44.2 Å². The van der Waals surface area contributed by atoms with E-state index in [2.05, 4.69) is 30.1 Å². The zero-order valence-corrected chi connectivity index (χ0v) is 16.7. The monoisotopic (exact) mass is 391 g/mol. The van der Waals surface area contributed by atoms with Crippen LogP contribution in [0.3, 0.4) is 0 Å². The lowest BCUT2D eigenvalue weighted by atomic mass is 10.3. The summed E-state index contributed by atoms with van der Waals surface area (Å²) in [6.07, 6.45) is 3.56. The molecule has 0 amide bonds. The lowest BCUT2D eigenvalue weighted by molar-refractivity contribution is 0.340. The molecule has 0 aliphatic carbocycles. The number of piperazine rings is 1. The van der Waals surface area contributed by atoms with Crippen LogP contribution in [0.1, 0.15) is 12.6 Å². The van der Waals surface area contributed by atoms with Crippen LogP contribution in [0, 0.1) is 6.92 Å². The predicted molar refractivity (Wildman–Crippen MR) is 114 cm³/mol. The molecule has 3 heterocycles. The standard InChI is InChI=1S/C21H25N7O/c1-3-29-18-7-5-17(6-8-18)25-20-24-16(2)15-19(26-20)27-11-13-28(14-12-27)21-22-9-4-10-23-21/h4-10,15H,3,11-14H2,1-2H3,(H,24,25,26). The fraction of sp³-hybridized carbons (Fsp3) is 0.333. The van der Waals surface area contributed by atoms with Crippen molar-refractivity contribution in [1.82, 2.24) is 19.9 Å². The zero-order valence-electron chi connectivity index (χ0n) is 16.7. The summed E-state index contributed by atoms with van der Waals surface area (Å²) in [7, 11) is 0. The number of anilines is 4. The second kappa shape index (κ2) is 8.72. The maximum absolute atomic E-state index is 5.49. The van der Waals surface area contributed by atoms with Crippen molar-refractivity contribution in [1.29, 1.82) is 0 Å². The molecule has 0 spiro atoms. The van der Waals surface area contributed by atoms with Crippen molar-refractivity contribution in [3.05, 3.63) is 54.5 Å². The minimum atomic E-state index is 0.595. The van der Waals surface area contributed by atoms with E-state index in [1.165, 1.54) is 0 Å². The maximum Gasteiger partial charge on any atom is 0.229 e. The fourth-order valence-corrected chi connectivity index (χ4v) is 3.29. The smallest absolute Gasteiger partial charge is 0.229 e. The Bertz CT molecular complexity index is 926. The molecule has 1 N–H and O–H groups in total. The van der Waals surface area contributed by atoms with E-state index in [4.69, 9.17) is 9.72 Å². The lowest BCUT2D eigenvalue weighted by Gasteiger charge is -2.35. The van der Waals surface area contributed by atoms with Crippen molar-refractivity contribution < 1.29 is 4.74 Å². The molecule has 0 saturated carbocycles. The van der Waals surface area contributed by atoms with E-state index in [-0.39, 0.29) is 0 Å². The van der Waals surface area contributed by atoms with E-state index in [0.29, 0.717) is 12.6 Å². The second-order valence-electron chi connectivity index (χ2n) is 6.80. The van der Waals surface area contributed by atoms with Crippen LogP contribution in [-0.4, -0.2) is 52.7 Å². The van der Waals surface area contributed by atoms with Gasteiger partial charge in [0.25, 0.3) is 0 Å². The Kier molecular flexibility index (Phi) is 5.69. The van der Waals surface area contributed by atoms with Gasteiger partial charge in [0.2, 0.25) is 11.9 Å². The van der Waals surface area contributed by atoms with Gasteiger partial charge < -0.3 is 19.9 Å². The molecule has 0 atom stereocenters. The molecule has 0 unspecified atom stereocenters. The summed E-state index contributed by atoms with van der Waals surface area (Å²) < 4.78 is 5.49. The number of aromatic nitrogens is 4. The first-order valence-corrected chi connectivity index (χ1v) is 9.84. The highest BCUT2D eigenvalue weighted by molar-refractivity contribution is 5.57. The number of ether oxygens (including phenoxy) is 1. The van der Waals surface area contributed by atoms with Gasteiger partial charge in [-0.1, -0.05) is 0 Å². The van der Waals surface area contributed by atoms with Crippen molar-refractivity contribution in [2.75, 3.05) is 47.9 Å². The molecular formula is C21H25N7O. The molecule has 0 radical (unpaired) electrons. The minimum Gasteiger partial charge on any atom is -0.494 e. The fourth-order valence-electron chi connectivity index (χ4n) is 3.29. The third kappa shape index (κ3) is 4.71. The Morgan fingerprint density at radius 3 is 2.34 bits per heavy atom. The molecule has 29 heavy (non-hydrogen) atoms. The van der Waals surface area contributed by atoms with Crippen LogP contribution in [-0.2, 0) is 0 Å². The van der Waals surface area contributed by atoms with Gasteiger partial charge in [-0.25, -0.2) is 15.0 Å². The van der Waals surface area contributed by atoms with Gasteiger partial charge in [0.15, 0.2) is 0 Å². The lowest BCUT2D eigenvalue weighted by Crippen LogP contribution is -2.47. The number of nitrogens with zero attached hydrogens (tertiary/aromatic N) is 6. The first kappa shape index (κ1) is 18.9. The number of aryl methyl sites for hydroxylation is 1. The van der Waals surface area contributed by atoms with Gasteiger partial charge in [-0.3, -0.25) is 0 Å². The van der Waals surface area contributed by atoms with E-state index >= 15 is 0 Å². The topological polar surface area (TPSA) is 79.3 Å². The predicted octanol–water partition coefficient (Wildman–Crippen LogP) is 3.04. The van der Waals surface area contributed by atoms with E-state index in [9.17, 15) is 0 Å². The Labute approximate surface area is 170 Å². The number of hydrogen-bond acceptors (Lipinski definition) is 8. The first-order chi connectivity index (χ1) is 14.2. The van der Waals surface area contributed by atoms with Crippen LogP contribution in [0.4, 0.5) is 23.4 Å². The van der Waals surface area contributed by atoms with Crippen molar-refractivity contribution >= 4 is 23.4 Å². The summed E-state index contributed by atoms with van der Waals surface area (Å²) in [6, 6.07) is 11.7. The van der Waals surface area contributed by atoms with E-state index in [0.717, 1.165) is 55.1 Å². The number of nitrogens with one attached hydrogen (secondary N) is 1. The summed E-state index contributed by atoms with van der Waals surface area (Å²) in [5.74, 6) is 3.16. The molecule has 8 heteroatoms. The van der Waals surface area contributed by atoms with Gasteiger partial charge in [-0.15, -0.1) is 0 Å². The molecule has 0 bridgehead atoms. The summed E-state index contributed by atoms with van der Waals surface area (Å²) >= 11 is 0. The Hall–Kier alpha value is -3.42. The quantitative estimate of drug-likeness (QED) is 0.687. The van der Waals surface area contributed by atoms with Gasteiger partial charge in [0.05, 0.1) is 6.61 Å². The normalized spacial score (nSPS) is 14.0. The van der Waals surface area contributed by atoms with E-state index in [1.54, 1.807) is 12.4 Å². The zero-order chi connectivity index (χ0) is 20.1. The highest BCUT2D eigenvalue weighted by Crippen LogP contribution is 2.22.